The highest BCUT2D eigenvalue weighted by molar-refractivity contribution is 6.54. The van der Waals surface area contributed by atoms with E-state index in [2.05, 4.69) is 22.4 Å². The number of carbonyl (C=O) groups excluding carboxylic acids is 1. The molecule has 1 heterocycles. The number of hydrogen-bond donors (Lipinski definition) is 0. The Balaban J connectivity index is 1.83. The average Bonchev–Trinajstić information content (AvgIpc) is 2.74. The lowest BCUT2D eigenvalue weighted by Gasteiger charge is -2.10. The van der Waals surface area contributed by atoms with Crippen molar-refractivity contribution in [3.05, 3.63) is 42.0 Å². The van der Waals surface area contributed by atoms with Crippen LogP contribution in [-0.2, 0) is 4.79 Å². The molecule has 4 nitrogen and oxygen atoms in total. The van der Waals surface area contributed by atoms with Gasteiger partial charge in [-0.05, 0) is 31.2 Å². The third-order valence-electron chi connectivity index (χ3n) is 3.77. The number of likely N-dealkylation sites (N-methyl/N-ethyl adjacent to an activating group) is 1. The van der Waals surface area contributed by atoms with E-state index in [0.717, 1.165) is 30.5 Å². The van der Waals surface area contributed by atoms with Crippen LogP contribution in [0, 0.1) is 5.92 Å². The van der Waals surface area contributed by atoms with Gasteiger partial charge in [0.15, 0.2) is 5.71 Å². The van der Waals surface area contributed by atoms with Crippen molar-refractivity contribution in [2.75, 3.05) is 11.9 Å². The molecule has 0 fully saturated rings. The van der Waals surface area contributed by atoms with Gasteiger partial charge in [-0.2, -0.15) is 5.10 Å². The lowest BCUT2D eigenvalue weighted by Crippen LogP contribution is -2.25. The fraction of sp³-hybridized carbons (Fsp3) is 0.312. The van der Waals surface area contributed by atoms with Gasteiger partial charge >= 0.3 is 0 Å². The summed E-state index contributed by atoms with van der Waals surface area (Å²) in [5.41, 5.74) is 2.19. The molecule has 1 amide bonds. The van der Waals surface area contributed by atoms with Crippen molar-refractivity contribution >= 4 is 23.5 Å². The highest BCUT2D eigenvalue weighted by Crippen LogP contribution is 2.27. The molecule has 0 saturated carbocycles. The van der Waals surface area contributed by atoms with Crippen LogP contribution in [0.25, 0.3) is 0 Å². The maximum Gasteiger partial charge on any atom is 0.279 e. The summed E-state index contributed by atoms with van der Waals surface area (Å²) in [6, 6.07) is 7.67. The molecule has 0 unspecified atom stereocenters. The number of amides is 1. The van der Waals surface area contributed by atoms with Gasteiger partial charge in [0.2, 0.25) is 0 Å². The molecular formula is C16H17N3O. The Labute approximate surface area is 118 Å². The van der Waals surface area contributed by atoms with Gasteiger partial charge < -0.3 is 4.90 Å². The SMILES string of the molecule is CN1C(=O)/C(=N/N=C\[C@H]2CC=CCC2)c2ccccc21. The van der Waals surface area contributed by atoms with E-state index in [-0.39, 0.29) is 5.91 Å². The summed E-state index contributed by atoms with van der Waals surface area (Å²) in [7, 11) is 1.76. The van der Waals surface area contributed by atoms with Crippen LogP contribution in [0.2, 0.25) is 0 Å². The van der Waals surface area contributed by atoms with Crippen molar-refractivity contribution in [3.63, 3.8) is 0 Å². The van der Waals surface area contributed by atoms with Gasteiger partial charge in [0.05, 0.1) is 5.69 Å². The number of fused-ring (bicyclic) bond motifs is 1. The fourth-order valence-corrected chi connectivity index (χ4v) is 2.58. The first-order chi connectivity index (χ1) is 9.77. The van der Waals surface area contributed by atoms with E-state index in [1.54, 1.807) is 11.9 Å². The molecule has 0 N–H and O–H groups in total. The third-order valence-corrected chi connectivity index (χ3v) is 3.77. The molecule has 102 valence electrons. The first-order valence-corrected chi connectivity index (χ1v) is 6.91. The molecule has 0 radical (unpaired) electrons. The third kappa shape index (κ3) is 2.29. The van der Waals surface area contributed by atoms with E-state index in [1.165, 1.54) is 0 Å². The first-order valence-electron chi connectivity index (χ1n) is 6.91. The minimum absolute atomic E-state index is 0.0908. The van der Waals surface area contributed by atoms with Gasteiger partial charge in [0.1, 0.15) is 0 Å². The quantitative estimate of drug-likeness (QED) is 0.461. The maximum absolute atomic E-state index is 12.2. The van der Waals surface area contributed by atoms with E-state index < -0.39 is 0 Å². The van der Waals surface area contributed by atoms with Crippen molar-refractivity contribution in [1.29, 1.82) is 0 Å². The van der Waals surface area contributed by atoms with Crippen LogP contribution in [0.1, 0.15) is 24.8 Å². The number of carbonyl (C=O) groups is 1. The van der Waals surface area contributed by atoms with Crippen LogP contribution in [0.15, 0.2) is 46.6 Å². The molecule has 1 aromatic rings. The number of allylic oxidation sites excluding steroid dienone is 2. The molecular weight excluding hydrogens is 250 g/mol. The summed E-state index contributed by atoms with van der Waals surface area (Å²) in [5, 5.41) is 8.30. The second-order valence-corrected chi connectivity index (χ2v) is 5.14. The molecule has 0 spiro atoms. The van der Waals surface area contributed by atoms with Gasteiger partial charge in [0, 0.05) is 18.8 Å². The highest BCUT2D eigenvalue weighted by atomic mass is 16.2. The molecule has 3 rings (SSSR count). The Morgan fingerprint density at radius 3 is 2.95 bits per heavy atom. The number of rotatable bonds is 2. The molecule has 1 atom stereocenters. The average molecular weight is 267 g/mol. The summed E-state index contributed by atoms with van der Waals surface area (Å²) >= 11 is 0. The molecule has 1 aliphatic carbocycles. The number of anilines is 1. The van der Waals surface area contributed by atoms with Crippen LogP contribution in [-0.4, -0.2) is 24.9 Å². The van der Waals surface area contributed by atoms with Crippen LogP contribution < -0.4 is 4.90 Å². The summed E-state index contributed by atoms with van der Waals surface area (Å²) in [5.74, 6) is 0.348. The number of para-hydroxylation sites is 1. The summed E-state index contributed by atoms with van der Waals surface area (Å²) in [6.45, 7) is 0. The van der Waals surface area contributed by atoms with Gasteiger partial charge in [-0.25, -0.2) is 0 Å². The molecule has 1 aromatic carbocycles. The van der Waals surface area contributed by atoms with Crippen LogP contribution in [0.4, 0.5) is 5.69 Å². The minimum atomic E-state index is -0.0908. The van der Waals surface area contributed by atoms with E-state index >= 15 is 0 Å². The second-order valence-electron chi connectivity index (χ2n) is 5.14. The summed E-state index contributed by atoms with van der Waals surface area (Å²) in [6.07, 6.45) is 9.45. The molecule has 20 heavy (non-hydrogen) atoms. The fourth-order valence-electron chi connectivity index (χ4n) is 2.58. The number of hydrogen-bond acceptors (Lipinski definition) is 3. The van der Waals surface area contributed by atoms with Crippen molar-refractivity contribution in [2.45, 2.75) is 19.3 Å². The molecule has 0 aromatic heterocycles. The molecule has 4 heteroatoms. The zero-order valence-corrected chi connectivity index (χ0v) is 11.5. The van der Waals surface area contributed by atoms with Gasteiger partial charge in [-0.3, -0.25) is 4.79 Å². The predicted octanol–water partition coefficient (Wildman–Crippen LogP) is 2.79. The number of nitrogens with zero attached hydrogens (tertiary/aromatic N) is 3. The zero-order chi connectivity index (χ0) is 13.9. The Bertz CT molecular complexity index is 616. The van der Waals surface area contributed by atoms with Gasteiger partial charge in [-0.15, -0.1) is 5.10 Å². The highest BCUT2D eigenvalue weighted by Gasteiger charge is 2.30. The van der Waals surface area contributed by atoms with Crippen molar-refractivity contribution in [1.82, 2.24) is 0 Å². The molecule has 0 bridgehead atoms. The van der Waals surface area contributed by atoms with E-state index in [9.17, 15) is 4.79 Å². The summed E-state index contributed by atoms with van der Waals surface area (Å²) < 4.78 is 0. The summed E-state index contributed by atoms with van der Waals surface area (Å²) in [4.78, 5) is 13.8. The van der Waals surface area contributed by atoms with Crippen molar-refractivity contribution in [2.24, 2.45) is 16.1 Å². The molecule has 2 aliphatic rings. The largest absolute Gasteiger partial charge is 0.309 e. The van der Waals surface area contributed by atoms with Crippen LogP contribution >= 0.6 is 0 Å². The first kappa shape index (κ1) is 12.8. The number of benzene rings is 1. The van der Waals surface area contributed by atoms with Crippen LogP contribution in [0.3, 0.4) is 0 Å². The van der Waals surface area contributed by atoms with E-state index in [1.807, 2.05) is 30.5 Å². The normalized spacial score (nSPS) is 23.9. The van der Waals surface area contributed by atoms with Gasteiger partial charge in [0.25, 0.3) is 5.91 Å². The topological polar surface area (TPSA) is 45.0 Å². The molecule has 1 aliphatic heterocycles. The standard InChI is InChI=1S/C16H17N3O/c1-19-14-10-6-5-9-13(14)15(16(19)20)18-17-11-12-7-3-2-4-8-12/h2-3,5-6,9-12H,4,7-8H2,1H3/b17-11-,18-15+/t12-/m0/s1. The smallest absolute Gasteiger partial charge is 0.279 e. The Morgan fingerprint density at radius 2 is 2.15 bits per heavy atom. The van der Waals surface area contributed by atoms with Crippen molar-refractivity contribution in [3.8, 4) is 0 Å². The lowest BCUT2D eigenvalue weighted by atomic mass is 9.96. The second kappa shape index (κ2) is 5.41. The van der Waals surface area contributed by atoms with Crippen LogP contribution in [0.5, 0.6) is 0 Å². The molecule has 0 saturated heterocycles. The Kier molecular flexibility index (Phi) is 3.46. The zero-order valence-electron chi connectivity index (χ0n) is 11.5. The maximum atomic E-state index is 12.2. The minimum Gasteiger partial charge on any atom is -0.309 e. The predicted molar refractivity (Wildman–Crippen MR) is 81.4 cm³/mol. The van der Waals surface area contributed by atoms with E-state index in [0.29, 0.717) is 11.6 Å². The van der Waals surface area contributed by atoms with E-state index in [4.69, 9.17) is 0 Å². The van der Waals surface area contributed by atoms with Crippen molar-refractivity contribution < 1.29 is 4.79 Å². The Hall–Kier alpha value is -2.23. The van der Waals surface area contributed by atoms with Gasteiger partial charge in [-0.1, -0.05) is 30.4 Å². The lowest BCUT2D eigenvalue weighted by molar-refractivity contribution is -0.111. The Morgan fingerprint density at radius 1 is 1.30 bits per heavy atom. The monoisotopic (exact) mass is 267 g/mol.